The van der Waals surface area contributed by atoms with Gasteiger partial charge in [0.1, 0.15) is 33.9 Å². The number of thioether (sulfide) groups is 2. The van der Waals surface area contributed by atoms with E-state index in [2.05, 4.69) is 39.5 Å². The molecule has 1 aromatic carbocycles. The number of hydrogen-bond acceptors (Lipinski definition) is 10. The minimum atomic E-state index is -0.391. The second kappa shape index (κ2) is 14.1. The van der Waals surface area contributed by atoms with E-state index < -0.39 is 5.92 Å². The number of unbranched alkanes of at least 4 members (excludes halogenated alkanes) is 2. The molecule has 2 unspecified atom stereocenters. The summed E-state index contributed by atoms with van der Waals surface area (Å²) < 4.78 is 13.2. The fourth-order valence-electron chi connectivity index (χ4n) is 5.82. The number of fused-ring (bicyclic) bond motifs is 3. The molecule has 3 heterocycles. The van der Waals surface area contributed by atoms with E-state index in [1.165, 1.54) is 23.5 Å². The third-order valence-electron chi connectivity index (χ3n) is 8.42. The van der Waals surface area contributed by atoms with Crippen LogP contribution in [0.2, 0.25) is 0 Å². The lowest BCUT2D eigenvalue weighted by molar-refractivity contribution is -0.139. The highest BCUT2D eigenvalue weighted by atomic mass is 32.2. The molecule has 8 nitrogen and oxygen atoms in total. The van der Waals surface area contributed by atoms with Gasteiger partial charge in [-0.05, 0) is 33.1 Å². The number of esters is 1. The minimum absolute atomic E-state index is 0.185. The van der Waals surface area contributed by atoms with Crippen molar-refractivity contribution in [2.24, 2.45) is 11.8 Å². The van der Waals surface area contributed by atoms with E-state index >= 15 is 0 Å². The van der Waals surface area contributed by atoms with Crippen molar-refractivity contribution in [3.05, 3.63) is 33.7 Å². The van der Waals surface area contributed by atoms with Crippen LogP contribution in [0.4, 0.5) is 11.4 Å². The first-order valence-electron chi connectivity index (χ1n) is 15.3. The summed E-state index contributed by atoms with van der Waals surface area (Å²) in [4.78, 5) is 21.4. The zero-order chi connectivity index (χ0) is 31.4. The van der Waals surface area contributed by atoms with Crippen LogP contribution in [-0.2, 0) is 4.79 Å². The number of anilines is 2. The molecule has 2 atom stereocenters. The molecule has 0 aliphatic carbocycles. The molecule has 0 amide bonds. The second-order valence-electron chi connectivity index (χ2n) is 11.3. The van der Waals surface area contributed by atoms with Crippen LogP contribution >= 0.6 is 23.5 Å². The molecule has 3 aliphatic rings. The second-order valence-corrected chi connectivity index (χ2v) is 13.3. The molecule has 10 heteroatoms. The predicted molar refractivity (Wildman–Crippen MR) is 175 cm³/mol. The van der Waals surface area contributed by atoms with Crippen LogP contribution in [-0.4, -0.2) is 38.1 Å². The van der Waals surface area contributed by atoms with E-state index in [1.807, 2.05) is 35.7 Å². The Kier molecular flexibility index (Phi) is 10.7. The van der Waals surface area contributed by atoms with E-state index in [9.17, 15) is 15.3 Å². The molecular formula is C33H43N5O3S2. The number of hydrogen-bond donors (Lipinski definition) is 0. The van der Waals surface area contributed by atoms with Crippen LogP contribution in [0, 0.1) is 34.5 Å². The van der Waals surface area contributed by atoms with Gasteiger partial charge in [-0.2, -0.15) is 10.5 Å². The van der Waals surface area contributed by atoms with E-state index in [1.54, 1.807) is 6.92 Å². The van der Waals surface area contributed by atoms with Gasteiger partial charge in [-0.25, -0.2) is 0 Å². The third kappa shape index (κ3) is 6.10. The third-order valence-corrected chi connectivity index (χ3v) is 11.0. The monoisotopic (exact) mass is 621 g/mol. The van der Waals surface area contributed by atoms with Crippen molar-refractivity contribution >= 4 is 40.9 Å². The van der Waals surface area contributed by atoms with Crippen molar-refractivity contribution in [3.8, 4) is 23.6 Å². The smallest absolute Gasteiger partial charge is 0.316 e. The van der Waals surface area contributed by atoms with Crippen LogP contribution in [0.15, 0.2) is 43.5 Å². The summed E-state index contributed by atoms with van der Waals surface area (Å²) in [5.41, 5.74) is 2.55. The van der Waals surface area contributed by atoms with E-state index in [4.69, 9.17) is 9.47 Å². The molecule has 0 fully saturated rings. The lowest BCUT2D eigenvalue weighted by Gasteiger charge is -2.29. The van der Waals surface area contributed by atoms with Crippen LogP contribution in [0.3, 0.4) is 0 Å². The summed E-state index contributed by atoms with van der Waals surface area (Å²) in [7, 11) is 3.84. The zero-order valence-corrected chi connectivity index (χ0v) is 28.1. The fourth-order valence-corrected chi connectivity index (χ4v) is 8.24. The van der Waals surface area contributed by atoms with Crippen molar-refractivity contribution in [2.45, 2.75) is 89.4 Å². The van der Waals surface area contributed by atoms with Crippen molar-refractivity contribution in [1.82, 2.24) is 4.90 Å². The SMILES string of the molecule is C=C(Oc1c2c(c3c4c1N(C)/C(=C(\C#N)N(CC)CC(CCCC)C(=O)O3)S4)N(C)/C(=C(/C)C#N)S2)C(CC)CCCC. The molecule has 0 N–H and O–H groups in total. The topological polar surface area (TPSA) is 92.8 Å². The lowest BCUT2D eigenvalue weighted by Crippen LogP contribution is -2.36. The summed E-state index contributed by atoms with van der Waals surface area (Å²) in [6.45, 7) is 15.6. The molecule has 3 aliphatic heterocycles. The van der Waals surface area contributed by atoms with Crippen molar-refractivity contribution in [2.75, 3.05) is 37.0 Å². The van der Waals surface area contributed by atoms with E-state index in [0.29, 0.717) is 53.7 Å². The molecule has 0 saturated heterocycles. The van der Waals surface area contributed by atoms with Gasteiger partial charge >= 0.3 is 5.97 Å². The van der Waals surface area contributed by atoms with Crippen molar-refractivity contribution in [3.63, 3.8) is 0 Å². The summed E-state index contributed by atoms with van der Waals surface area (Å²) in [6.07, 6.45) is 6.58. The Morgan fingerprint density at radius 2 is 1.81 bits per heavy atom. The van der Waals surface area contributed by atoms with E-state index in [0.717, 1.165) is 64.1 Å². The molecule has 0 saturated carbocycles. The van der Waals surface area contributed by atoms with Crippen LogP contribution < -0.4 is 19.3 Å². The Morgan fingerprint density at radius 3 is 2.42 bits per heavy atom. The molecule has 0 aromatic heterocycles. The average molecular weight is 622 g/mol. The van der Waals surface area contributed by atoms with Gasteiger partial charge in [-0.1, -0.05) is 76.6 Å². The van der Waals surface area contributed by atoms with E-state index in [-0.39, 0.29) is 11.9 Å². The van der Waals surface area contributed by atoms with Crippen molar-refractivity contribution < 1.29 is 14.3 Å². The lowest BCUT2D eigenvalue weighted by atomic mass is 9.98. The number of ether oxygens (including phenoxy) is 2. The Labute approximate surface area is 265 Å². The Bertz CT molecular complexity index is 1440. The summed E-state index contributed by atoms with van der Waals surface area (Å²) in [5.74, 6) is 1.26. The standard InChI is InChI=1S/C33H43N5O3S2/c1-9-13-15-22(11-3)21(6)40-27-25-30-28(26-29(27)42-31(36(26)7)20(5)17-34)41-33(39)23(16-14-10-2)19-38(12-4)24(18-35)32(43-30)37(25)8/h22-23H,6,9-16,19H2,1-5,7-8H3/b31-20+,32-24-. The highest BCUT2D eigenvalue weighted by Gasteiger charge is 2.44. The maximum atomic E-state index is 13.9. The molecule has 0 spiro atoms. The number of rotatable bonds is 11. The van der Waals surface area contributed by atoms with Gasteiger partial charge in [0.25, 0.3) is 0 Å². The highest BCUT2D eigenvalue weighted by Crippen LogP contribution is 2.66. The molecule has 230 valence electrons. The highest BCUT2D eigenvalue weighted by molar-refractivity contribution is 8.04. The maximum Gasteiger partial charge on any atom is 0.316 e. The number of nitrogens with zero attached hydrogens (tertiary/aromatic N) is 5. The molecule has 1 aromatic rings. The normalized spacial score (nSPS) is 21.2. The van der Waals surface area contributed by atoms with Gasteiger partial charge in [0, 0.05) is 33.1 Å². The first-order valence-corrected chi connectivity index (χ1v) is 17.0. The molecule has 2 bridgehead atoms. The summed E-state index contributed by atoms with van der Waals surface area (Å²) in [6, 6.07) is 4.75. The fraction of sp³-hybridized carbons (Fsp3) is 0.545. The van der Waals surface area contributed by atoms with Gasteiger partial charge in [-0.15, -0.1) is 0 Å². The molecule has 43 heavy (non-hydrogen) atoms. The maximum absolute atomic E-state index is 13.9. The minimum Gasteiger partial charge on any atom is -0.459 e. The Hall–Kier alpha value is -3.21. The predicted octanol–water partition coefficient (Wildman–Crippen LogP) is 8.37. The van der Waals surface area contributed by atoms with Gasteiger partial charge in [-0.3, -0.25) is 4.79 Å². The largest absolute Gasteiger partial charge is 0.459 e. The quantitative estimate of drug-likeness (QED) is 0.104. The molecular weight excluding hydrogens is 579 g/mol. The van der Waals surface area contributed by atoms with Crippen molar-refractivity contribution in [1.29, 1.82) is 10.5 Å². The zero-order valence-electron chi connectivity index (χ0n) is 26.5. The van der Waals surface area contributed by atoms with Gasteiger partial charge in [0.2, 0.25) is 0 Å². The first-order chi connectivity index (χ1) is 20.7. The van der Waals surface area contributed by atoms with Crippen LogP contribution in [0.5, 0.6) is 11.5 Å². The van der Waals surface area contributed by atoms with Crippen LogP contribution in [0.25, 0.3) is 0 Å². The van der Waals surface area contributed by atoms with Gasteiger partial charge in [0.05, 0.1) is 32.4 Å². The molecule has 4 rings (SSSR count). The number of carbonyl (C=O) groups is 1. The number of benzene rings is 1. The summed E-state index contributed by atoms with van der Waals surface area (Å²) >= 11 is 2.88. The number of carbonyl (C=O) groups excluding carboxylic acids is 1. The van der Waals surface area contributed by atoms with Crippen LogP contribution in [0.1, 0.15) is 79.6 Å². The number of allylic oxidation sites excluding steroid dienone is 3. The van der Waals surface area contributed by atoms with Gasteiger partial charge < -0.3 is 24.2 Å². The van der Waals surface area contributed by atoms with Gasteiger partial charge in [0.15, 0.2) is 11.5 Å². The first kappa shape index (κ1) is 32.7. The average Bonchev–Trinajstić information content (AvgIpc) is 3.52. The summed E-state index contributed by atoms with van der Waals surface area (Å²) in [5, 5.41) is 21.8. The number of nitriles is 2. The Balaban J connectivity index is 2.01. The molecule has 0 radical (unpaired) electrons. The Morgan fingerprint density at radius 1 is 1.09 bits per heavy atom.